The average Bonchev–Trinajstić information content (AvgIpc) is 2.23. The SMILES string of the molecule is CCCn1cnc2c(c1=O)CCNC2. The molecule has 14 heavy (non-hydrogen) atoms. The molecule has 1 aromatic rings. The number of fused-ring (bicyclic) bond motifs is 1. The van der Waals surface area contributed by atoms with Gasteiger partial charge in [0.05, 0.1) is 12.0 Å². The van der Waals surface area contributed by atoms with Crippen LogP contribution in [0.5, 0.6) is 0 Å². The van der Waals surface area contributed by atoms with Crippen molar-refractivity contribution in [2.75, 3.05) is 6.54 Å². The van der Waals surface area contributed by atoms with Crippen LogP contribution < -0.4 is 10.9 Å². The molecule has 0 atom stereocenters. The number of aryl methyl sites for hydroxylation is 1. The third-order valence-corrected chi connectivity index (χ3v) is 2.53. The molecule has 4 heteroatoms. The lowest BCUT2D eigenvalue weighted by molar-refractivity contribution is 0.576. The molecule has 76 valence electrons. The zero-order valence-corrected chi connectivity index (χ0v) is 8.42. The fraction of sp³-hybridized carbons (Fsp3) is 0.600. The predicted octanol–water partition coefficient (Wildman–Crippen LogP) is 0.299. The molecule has 1 N–H and O–H groups in total. The van der Waals surface area contributed by atoms with Gasteiger partial charge in [-0.25, -0.2) is 4.98 Å². The van der Waals surface area contributed by atoms with Gasteiger partial charge in [0.2, 0.25) is 0 Å². The van der Waals surface area contributed by atoms with Crippen molar-refractivity contribution in [3.05, 3.63) is 27.9 Å². The number of hydrogen-bond donors (Lipinski definition) is 1. The summed E-state index contributed by atoms with van der Waals surface area (Å²) in [6, 6.07) is 0. The van der Waals surface area contributed by atoms with Gasteiger partial charge in [-0.2, -0.15) is 0 Å². The Kier molecular flexibility index (Phi) is 2.63. The van der Waals surface area contributed by atoms with Crippen LogP contribution in [-0.2, 0) is 19.5 Å². The summed E-state index contributed by atoms with van der Waals surface area (Å²) < 4.78 is 1.71. The summed E-state index contributed by atoms with van der Waals surface area (Å²) in [4.78, 5) is 16.2. The van der Waals surface area contributed by atoms with E-state index in [0.717, 1.165) is 43.7 Å². The Morgan fingerprint density at radius 3 is 3.29 bits per heavy atom. The fourth-order valence-corrected chi connectivity index (χ4v) is 1.79. The normalized spacial score (nSPS) is 15.2. The van der Waals surface area contributed by atoms with Gasteiger partial charge in [-0.05, 0) is 19.4 Å². The van der Waals surface area contributed by atoms with Gasteiger partial charge in [-0.15, -0.1) is 0 Å². The van der Waals surface area contributed by atoms with Crippen LogP contribution in [0, 0.1) is 0 Å². The van der Waals surface area contributed by atoms with Crippen LogP contribution in [0.3, 0.4) is 0 Å². The number of hydrogen-bond acceptors (Lipinski definition) is 3. The average molecular weight is 193 g/mol. The molecule has 0 saturated heterocycles. The van der Waals surface area contributed by atoms with E-state index in [0.29, 0.717) is 0 Å². The smallest absolute Gasteiger partial charge is 0.256 e. The van der Waals surface area contributed by atoms with E-state index in [1.54, 1.807) is 10.9 Å². The van der Waals surface area contributed by atoms with Gasteiger partial charge >= 0.3 is 0 Å². The van der Waals surface area contributed by atoms with Gasteiger partial charge in [-0.1, -0.05) is 6.92 Å². The Morgan fingerprint density at radius 2 is 2.50 bits per heavy atom. The van der Waals surface area contributed by atoms with Gasteiger partial charge in [0.1, 0.15) is 0 Å². The molecule has 2 rings (SSSR count). The minimum atomic E-state index is 0.151. The van der Waals surface area contributed by atoms with Crippen molar-refractivity contribution in [2.24, 2.45) is 0 Å². The Bertz CT molecular complexity index is 383. The zero-order valence-electron chi connectivity index (χ0n) is 8.42. The van der Waals surface area contributed by atoms with Crippen molar-refractivity contribution in [3.8, 4) is 0 Å². The minimum Gasteiger partial charge on any atom is -0.311 e. The van der Waals surface area contributed by atoms with Crippen LogP contribution in [0.25, 0.3) is 0 Å². The molecule has 0 fully saturated rings. The summed E-state index contributed by atoms with van der Waals surface area (Å²) in [5, 5.41) is 3.21. The van der Waals surface area contributed by atoms with Gasteiger partial charge in [-0.3, -0.25) is 9.36 Å². The highest BCUT2D eigenvalue weighted by atomic mass is 16.1. The second-order valence-electron chi connectivity index (χ2n) is 3.60. The summed E-state index contributed by atoms with van der Waals surface area (Å²) in [7, 11) is 0. The van der Waals surface area contributed by atoms with Gasteiger partial charge in [0.25, 0.3) is 5.56 Å². The lowest BCUT2D eigenvalue weighted by Gasteiger charge is -2.16. The van der Waals surface area contributed by atoms with Crippen molar-refractivity contribution >= 4 is 0 Å². The molecule has 4 nitrogen and oxygen atoms in total. The first-order chi connectivity index (χ1) is 6.83. The maximum absolute atomic E-state index is 11.9. The Balaban J connectivity index is 2.44. The largest absolute Gasteiger partial charge is 0.311 e. The topological polar surface area (TPSA) is 46.9 Å². The first kappa shape index (κ1) is 9.40. The second kappa shape index (κ2) is 3.92. The molecule has 0 bridgehead atoms. The molecule has 0 spiro atoms. The number of nitrogens with zero attached hydrogens (tertiary/aromatic N) is 2. The molecule has 0 saturated carbocycles. The highest BCUT2D eigenvalue weighted by molar-refractivity contribution is 5.19. The Hall–Kier alpha value is -1.16. The molecule has 0 amide bonds. The van der Waals surface area contributed by atoms with Crippen LogP contribution in [0.1, 0.15) is 24.6 Å². The van der Waals surface area contributed by atoms with E-state index in [1.807, 2.05) is 0 Å². The summed E-state index contributed by atoms with van der Waals surface area (Å²) >= 11 is 0. The molecule has 0 aliphatic carbocycles. The molecule has 1 aromatic heterocycles. The van der Waals surface area contributed by atoms with Crippen molar-refractivity contribution in [1.29, 1.82) is 0 Å². The second-order valence-corrected chi connectivity index (χ2v) is 3.60. The molecule has 0 radical (unpaired) electrons. The maximum Gasteiger partial charge on any atom is 0.256 e. The van der Waals surface area contributed by atoms with E-state index in [2.05, 4.69) is 17.2 Å². The molecular formula is C10H15N3O. The lowest BCUT2D eigenvalue weighted by Crippen LogP contribution is -2.34. The molecular weight excluding hydrogens is 178 g/mol. The third-order valence-electron chi connectivity index (χ3n) is 2.53. The monoisotopic (exact) mass is 193 g/mol. The first-order valence-corrected chi connectivity index (χ1v) is 5.11. The number of nitrogens with one attached hydrogen (secondary N) is 1. The van der Waals surface area contributed by atoms with E-state index in [4.69, 9.17) is 0 Å². The zero-order chi connectivity index (χ0) is 9.97. The van der Waals surface area contributed by atoms with Gasteiger partial charge in [0, 0.05) is 18.7 Å². The predicted molar refractivity (Wildman–Crippen MR) is 54.2 cm³/mol. The van der Waals surface area contributed by atoms with E-state index >= 15 is 0 Å². The Morgan fingerprint density at radius 1 is 1.64 bits per heavy atom. The van der Waals surface area contributed by atoms with Gasteiger partial charge < -0.3 is 5.32 Å². The summed E-state index contributed by atoms with van der Waals surface area (Å²) in [5.41, 5.74) is 1.98. The molecule has 2 heterocycles. The maximum atomic E-state index is 11.9. The van der Waals surface area contributed by atoms with Crippen molar-refractivity contribution in [1.82, 2.24) is 14.9 Å². The van der Waals surface area contributed by atoms with Crippen LogP contribution in [0.2, 0.25) is 0 Å². The van der Waals surface area contributed by atoms with Crippen LogP contribution >= 0.6 is 0 Å². The van der Waals surface area contributed by atoms with E-state index in [9.17, 15) is 4.79 Å². The highest BCUT2D eigenvalue weighted by Gasteiger charge is 2.14. The minimum absolute atomic E-state index is 0.151. The van der Waals surface area contributed by atoms with Crippen molar-refractivity contribution < 1.29 is 0 Å². The van der Waals surface area contributed by atoms with Crippen LogP contribution in [0.4, 0.5) is 0 Å². The quantitative estimate of drug-likeness (QED) is 0.734. The molecule has 1 aliphatic heterocycles. The number of aromatic nitrogens is 2. The van der Waals surface area contributed by atoms with E-state index in [-0.39, 0.29) is 5.56 Å². The summed E-state index contributed by atoms with van der Waals surface area (Å²) in [6.07, 6.45) is 3.45. The first-order valence-electron chi connectivity index (χ1n) is 5.11. The van der Waals surface area contributed by atoms with Crippen molar-refractivity contribution in [3.63, 3.8) is 0 Å². The molecule has 0 unspecified atom stereocenters. The standard InChI is InChI=1S/C10H15N3O/c1-2-5-13-7-12-9-6-11-4-3-8(9)10(13)14/h7,11H,2-6H2,1H3. The molecule has 1 aliphatic rings. The summed E-state index contributed by atoms with van der Waals surface area (Å²) in [6.45, 7) is 4.46. The third kappa shape index (κ3) is 1.57. The van der Waals surface area contributed by atoms with E-state index < -0.39 is 0 Å². The van der Waals surface area contributed by atoms with Crippen LogP contribution in [0.15, 0.2) is 11.1 Å². The van der Waals surface area contributed by atoms with Crippen LogP contribution in [-0.4, -0.2) is 16.1 Å². The Labute approximate surface area is 83.0 Å². The lowest BCUT2D eigenvalue weighted by atomic mass is 10.1. The van der Waals surface area contributed by atoms with Gasteiger partial charge in [0.15, 0.2) is 0 Å². The fourth-order valence-electron chi connectivity index (χ4n) is 1.79. The highest BCUT2D eigenvalue weighted by Crippen LogP contribution is 2.05. The van der Waals surface area contributed by atoms with Crippen molar-refractivity contribution in [2.45, 2.75) is 32.9 Å². The molecule has 0 aromatic carbocycles. The number of rotatable bonds is 2. The summed E-state index contributed by atoms with van der Waals surface area (Å²) in [5.74, 6) is 0. The van der Waals surface area contributed by atoms with E-state index in [1.165, 1.54) is 0 Å².